The molecule has 0 saturated carbocycles. The lowest BCUT2D eigenvalue weighted by atomic mass is 9.88. The van der Waals surface area contributed by atoms with Crippen molar-refractivity contribution in [1.29, 1.82) is 5.26 Å². The highest BCUT2D eigenvalue weighted by Crippen LogP contribution is 2.33. The van der Waals surface area contributed by atoms with Gasteiger partial charge in [-0.2, -0.15) is 5.26 Å². The van der Waals surface area contributed by atoms with E-state index in [9.17, 15) is 4.79 Å². The van der Waals surface area contributed by atoms with Crippen molar-refractivity contribution in [1.82, 2.24) is 9.80 Å². The number of nitriles is 1. The minimum absolute atomic E-state index is 0.114. The molecule has 1 spiro atoms. The molecule has 1 atom stereocenters. The van der Waals surface area contributed by atoms with Gasteiger partial charge < -0.3 is 9.64 Å². The molecule has 1 amide bonds. The van der Waals surface area contributed by atoms with Crippen LogP contribution in [0.3, 0.4) is 0 Å². The predicted octanol–water partition coefficient (Wildman–Crippen LogP) is 2.16. The maximum absolute atomic E-state index is 12.1. The summed E-state index contributed by atoms with van der Waals surface area (Å²) in [4.78, 5) is 16.5. The van der Waals surface area contributed by atoms with Crippen molar-refractivity contribution in [3.63, 3.8) is 0 Å². The highest BCUT2D eigenvalue weighted by Gasteiger charge is 2.44. The maximum Gasteiger partial charge on any atom is 0.251 e. The molecule has 2 aliphatic rings. The number of rotatable bonds is 3. The fourth-order valence-corrected chi connectivity index (χ4v) is 3.75. The van der Waals surface area contributed by atoms with Gasteiger partial charge in [-0.3, -0.25) is 9.69 Å². The summed E-state index contributed by atoms with van der Waals surface area (Å²) >= 11 is 0. The first kappa shape index (κ1) is 16.9. The molecule has 0 aliphatic carbocycles. The summed E-state index contributed by atoms with van der Waals surface area (Å²) < 4.78 is 6.13. The first-order chi connectivity index (χ1) is 11.5. The Kier molecular flexibility index (Phi) is 4.88. The summed E-state index contributed by atoms with van der Waals surface area (Å²) in [5.74, 6) is 0.114. The Morgan fingerprint density at radius 3 is 2.54 bits per heavy atom. The van der Waals surface area contributed by atoms with Crippen LogP contribution in [0, 0.1) is 11.3 Å². The molecule has 5 heteroatoms. The van der Waals surface area contributed by atoms with E-state index in [0.717, 1.165) is 45.6 Å². The monoisotopic (exact) mass is 327 g/mol. The molecule has 2 heterocycles. The zero-order valence-electron chi connectivity index (χ0n) is 14.5. The van der Waals surface area contributed by atoms with Crippen LogP contribution in [0.25, 0.3) is 0 Å². The van der Waals surface area contributed by atoms with Gasteiger partial charge in [0.1, 0.15) is 6.10 Å². The van der Waals surface area contributed by atoms with E-state index in [1.165, 1.54) is 5.56 Å². The van der Waals surface area contributed by atoms with Gasteiger partial charge in [-0.05, 0) is 44.4 Å². The lowest BCUT2D eigenvalue weighted by molar-refractivity contribution is -0.189. The van der Waals surface area contributed by atoms with Gasteiger partial charge in [0.2, 0.25) is 0 Å². The van der Waals surface area contributed by atoms with Crippen LogP contribution in [0.15, 0.2) is 24.3 Å². The number of morpholine rings is 1. The zero-order valence-corrected chi connectivity index (χ0v) is 14.5. The minimum Gasteiger partial charge on any atom is -0.360 e. The van der Waals surface area contributed by atoms with Crippen molar-refractivity contribution in [2.45, 2.75) is 44.9 Å². The average molecular weight is 327 g/mol. The normalized spacial score (nSPS) is 24.1. The number of benzene rings is 1. The Morgan fingerprint density at radius 2 is 1.96 bits per heavy atom. The molecule has 3 rings (SSSR count). The van der Waals surface area contributed by atoms with Gasteiger partial charge in [0, 0.05) is 32.7 Å². The van der Waals surface area contributed by atoms with E-state index in [-0.39, 0.29) is 17.6 Å². The highest BCUT2D eigenvalue weighted by molar-refractivity contribution is 5.81. The van der Waals surface area contributed by atoms with Crippen LogP contribution in [0.2, 0.25) is 0 Å². The van der Waals surface area contributed by atoms with Crippen LogP contribution in [0.4, 0.5) is 0 Å². The Balaban J connectivity index is 1.59. The van der Waals surface area contributed by atoms with Gasteiger partial charge in [0.15, 0.2) is 0 Å². The van der Waals surface area contributed by atoms with Gasteiger partial charge in [0.05, 0.1) is 17.2 Å². The summed E-state index contributed by atoms with van der Waals surface area (Å²) in [6, 6.07) is 9.95. The molecule has 0 N–H and O–H groups in total. The summed E-state index contributed by atoms with van der Waals surface area (Å²) in [7, 11) is 0. The third-order valence-corrected chi connectivity index (χ3v) is 5.20. The summed E-state index contributed by atoms with van der Waals surface area (Å²) in [5.41, 5.74) is 1.75. The van der Waals surface area contributed by atoms with Crippen molar-refractivity contribution < 1.29 is 9.53 Å². The van der Waals surface area contributed by atoms with Crippen molar-refractivity contribution in [3.8, 4) is 6.07 Å². The molecule has 24 heavy (non-hydrogen) atoms. The lowest BCUT2D eigenvalue weighted by Crippen LogP contribution is -2.61. The van der Waals surface area contributed by atoms with Crippen LogP contribution in [0.5, 0.6) is 0 Å². The SMILES string of the molecule is CCN1CC2(CCN(Cc3ccc(C#N)cc3)CC2)O[C@H](C)C1=O. The first-order valence-corrected chi connectivity index (χ1v) is 8.73. The second-order valence-electron chi connectivity index (χ2n) is 6.88. The Bertz CT molecular complexity index is 627. The third kappa shape index (κ3) is 3.45. The van der Waals surface area contributed by atoms with Crippen molar-refractivity contribution in [2.75, 3.05) is 26.2 Å². The Hall–Kier alpha value is -1.90. The van der Waals surface area contributed by atoms with Crippen LogP contribution in [0.1, 0.15) is 37.8 Å². The number of piperidine rings is 1. The van der Waals surface area contributed by atoms with Crippen molar-refractivity contribution in [2.24, 2.45) is 0 Å². The second-order valence-corrected chi connectivity index (χ2v) is 6.88. The van der Waals surface area contributed by atoms with E-state index in [0.29, 0.717) is 5.56 Å². The summed E-state index contributed by atoms with van der Waals surface area (Å²) in [5, 5.41) is 8.87. The van der Waals surface area contributed by atoms with Crippen molar-refractivity contribution in [3.05, 3.63) is 35.4 Å². The number of ether oxygens (including phenoxy) is 1. The van der Waals surface area contributed by atoms with Gasteiger partial charge in [0.25, 0.3) is 5.91 Å². The molecule has 0 aromatic heterocycles. The van der Waals surface area contributed by atoms with E-state index in [1.54, 1.807) is 0 Å². The van der Waals surface area contributed by atoms with E-state index in [1.807, 2.05) is 43.0 Å². The van der Waals surface area contributed by atoms with E-state index < -0.39 is 0 Å². The van der Waals surface area contributed by atoms with Gasteiger partial charge >= 0.3 is 0 Å². The molecule has 0 radical (unpaired) electrons. The maximum atomic E-state index is 12.1. The van der Waals surface area contributed by atoms with E-state index in [4.69, 9.17) is 10.00 Å². The second kappa shape index (κ2) is 6.92. The molecule has 2 fully saturated rings. The van der Waals surface area contributed by atoms with Gasteiger partial charge in [-0.25, -0.2) is 0 Å². The zero-order chi connectivity index (χ0) is 17.2. The third-order valence-electron chi connectivity index (χ3n) is 5.20. The van der Waals surface area contributed by atoms with Gasteiger partial charge in [-0.15, -0.1) is 0 Å². The van der Waals surface area contributed by atoms with E-state index >= 15 is 0 Å². The number of hydrogen-bond acceptors (Lipinski definition) is 4. The predicted molar refractivity (Wildman–Crippen MR) is 91.2 cm³/mol. The molecule has 128 valence electrons. The quantitative estimate of drug-likeness (QED) is 0.854. The number of likely N-dealkylation sites (tertiary alicyclic amines) is 1. The van der Waals surface area contributed by atoms with Crippen LogP contribution >= 0.6 is 0 Å². The first-order valence-electron chi connectivity index (χ1n) is 8.73. The number of nitrogens with zero attached hydrogens (tertiary/aromatic N) is 3. The summed E-state index contributed by atoms with van der Waals surface area (Å²) in [6.07, 6.45) is 1.58. The highest BCUT2D eigenvalue weighted by atomic mass is 16.5. The fourth-order valence-electron chi connectivity index (χ4n) is 3.75. The molecule has 0 bridgehead atoms. The fraction of sp³-hybridized carbons (Fsp3) is 0.579. The summed E-state index contributed by atoms with van der Waals surface area (Å²) in [6.45, 7) is 8.21. The average Bonchev–Trinajstić information content (AvgIpc) is 2.61. The van der Waals surface area contributed by atoms with E-state index in [2.05, 4.69) is 11.0 Å². The van der Waals surface area contributed by atoms with Crippen LogP contribution in [-0.4, -0.2) is 53.6 Å². The number of carbonyl (C=O) groups excluding carboxylic acids is 1. The standard InChI is InChI=1S/C19H25N3O2/c1-3-22-14-19(24-15(2)18(22)23)8-10-21(11-9-19)13-17-6-4-16(12-20)5-7-17/h4-7,15H,3,8-11,13-14H2,1-2H3/t15-/m1/s1. The molecule has 2 saturated heterocycles. The molecular weight excluding hydrogens is 302 g/mol. The number of likely N-dealkylation sites (N-methyl/N-ethyl adjacent to an activating group) is 1. The molecule has 1 aromatic carbocycles. The molecule has 2 aliphatic heterocycles. The largest absolute Gasteiger partial charge is 0.360 e. The number of carbonyl (C=O) groups is 1. The molecule has 5 nitrogen and oxygen atoms in total. The number of amides is 1. The Morgan fingerprint density at radius 1 is 1.29 bits per heavy atom. The molecule has 0 unspecified atom stereocenters. The minimum atomic E-state index is -0.330. The smallest absolute Gasteiger partial charge is 0.251 e. The molecule has 1 aromatic rings. The topological polar surface area (TPSA) is 56.6 Å². The van der Waals surface area contributed by atoms with Gasteiger partial charge in [-0.1, -0.05) is 12.1 Å². The van der Waals surface area contributed by atoms with Crippen LogP contribution in [-0.2, 0) is 16.1 Å². The lowest BCUT2D eigenvalue weighted by Gasteiger charge is -2.49. The van der Waals surface area contributed by atoms with Crippen LogP contribution < -0.4 is 0 Å². The Labute approximate surface area is 143 Å². The van der Waals surface area contributed by atoms with Crippen molar-refractivity contribution >= 4 is 5.91 Å². The molecular formula is C19H25N3O2. The number of hydrogen-bond donors (Lipinski definition) is 0.